The third-order valence-corrected chi connectivity index (χ3v) is 5.06. The van der Waals surface area contributed by atoms with E-state index in [0.29, 0.717) is 35.9 Å². The molecule has 0 aliphatic heterocycles. The zero-order valence-corrected chi connectivity index (χ0v) is 14.9. The molecule has 0 amide bonds. The summed E-state index contributed by atoms with van der Waals surface area (Å²) in [4.78, 5) is 22.8. The second kappa shape index (κ2) is 7.11. The quantitative estimate of drug-likeness (QED) is 0.675. The lowest BCUT2D eigenvalue weighted by molar-refractivity contribution is 0.0701. The molecule has 3 aromatic heterocycles. The van der Waals surface area contributed by atoms with Gasteiger partial charge in [-0.3, -0.25) is 0 Å². The molecule has 0 aliphatic carbocycles. The van der Waals surface area contributed by atoms with E-state index in [1.54, 1.807) is 20.4 Å². The molecule has 10 heteroatoms. The van der Waals surface area contributed by atoms with Crippen molar-refractivity contribution in [2.24, 2.45) is 0 Å². The molecule has 0 spiro atoms. The molecule has 0 aromatic carbocycles. The van der Waals surface area contributed by atoms with E-state index in [0.717, 1.165) is 22.5 Å². The van der Waals surface area contributed by atoms with Crippen molar-refractivity contribution >= 4 is 33.3 Å². The Balaban J connectivity index is 1.94. The molecule has 25 heavy (non-hydrogen) atoms. The molecule has 0 unspecified atom stereocenters. The van der Waals surface area contributed by atoms with Crippen molar-refractivity contribution in [2.75, 3.05) is 25.7 Å². The molecular formula is C15H18N6O3S. The van der Waals surface area contributed by atoms with Gasteiger partial charge in [-0.05, 0) is 12.5 Å². The molecular weight excluding hydrogens is 344 g/mol. The van der Waals surface area contributed by atoms with Crippen molar-refractivity contribution in [1.82, 2.24) is 24.7 Å². The average Bonchev–Trinajstić information content (AvgIpc) is 3.17. The van der Waals surface area contributed by atoms with Gasteiger partial charge in [-0.2, -0.15) is 0 Å². The summed E-state index contributed by atoms with van der Waals surface area (Å²) < 4.78 is 7.01. The van der Waals surface area contributed by atoms with Crippen molar-refractivity contribution in [3.8, 4) is 0 Å². The number of rotatable bonds is 7. The first-order chi connectivity index (χ1) is 12.0. The SMILES string of the molecule is COCCn1cnnc1CN(C)c1ncnc2sc(C(=O)O)c(C)c12. The van der Waals surface area contributed by atoms with E-state index in [-0.39, 0.29) is 4.88 Å². The molecule has 0 aliphatic rings. The van der Waals surface area contributed by atoms with Crippen molar-refractivity contribution in [3.05, 3.63) is 28.9 Å². The maximum atomic E-state index is 11.4. The third-order valence-electron chi connectivity index (χ3n) is 3.87. The molecule has 0 atom stereocenters. The predicted octanol–water partition coefficient (Wildman–Crippen LogP) is 1.57. The molecule has 0 bridgehead atoms. The molecule has 9 nitrogen and oxygen atoms in total. The highest BCUT2D eigenvalue weighted by molar-refractivity contribution is 7.20. The normalized spacial score (nSPS) is 11.2. The van der Waals surface area contributed by atoms with Crippen LogP contribution in [0.1, 0.15) is 21.1 Å². The average molecular weight is 362 g/mol. The number of aromatic nitrogens is 5. The van der Waals surface area contributed by atoms with Crippen molar-refractivity contribution in [3.63, 3.8) is 0 Å². The number of carboxylic acids is 1. The van der Waals surface area contributed by atoms with E-state index < -0.39 is 5.97 Å². The van der Waals surface area contributed by atoms with Crippen LogP contribution in [0.4, 0.5) is 5.82 Å². The van der Waals surface area contributed by atoms with Crippen LogP contribution in [0, 0.1) is 6.92 Å². The number of methoxy groups -OCH3 is 1. The minimum atomic E-state index is -0.951. The number of nitrogens with zero attached hydrogens (tertiary/aromatic N) is 6. The summed E-state index contributed by atoms with van der Waals surface area (Å²) in [5.41, 5.74) is 0.677. The number of anilines is 1. The Bertz CT molecular complexity index is 906. The summed E-state index contributed by atoms with van der Waals surface area (Å²) >= 11 is 1.16. The standard InChI is InChI=1S/C15H18N6O3S/c1-9-11-13(16-7-17-14(11)25-12(9)15(22)23)20(2)6-10-19-18-8-21(10)4-5-24-3/h7-8H,4-6H2,1-3H3,(H,22,23). The summed E-state index contributed by atoms with van der Waals surface area (Å²) in [5, 5.41) is 18.2. The zero-order chi connectivity index (χ0) is 18.0. The van der Waals surface area contributed by atoms with E-state index >= 15 is 0 Å². The summed E-state index contributed by atoms with van der Waals surface area (Å²) in [6.07, 6.45) is 3.11. The molecule has 0 radical (unpaired) electrons. The Kier molecular flexibility index (Phi) is 4.91. The van der Waals surface area contributed by atoms with Crippen molar-refractivity contribution in [1.29, 1.82) is 0 Å². The number of ether oxygens (including phenoxy) is 1. The highest BCUT2D eigenvalue weighted by Crippen LogP contribution is 2.34. The fourth-order valence-corrected chi connectivity index (χ4v) is 3.59. The van der Waals surface area contributed by atoms with E-state index in [1.807, 2.05) is 16.5 Å². The van der Waals surface area contributed by atoms with Crippen LogP contribution in [0.2, 0.25) is 0 Å². The third kappa shape index (κ3) is 3.30. The lowest BCUT2D eigenvalue weighted by atomic mass is 10.2. The Morgan fingerprint density at radius 1 is 1.44 bits per heavy atom. The Labute approximate surface area is 147 Å². The number of aryl methyl sites for hydroxylation is 1. The first-order valence-corrected chi connectivity index (χ1v) is 8.38. The lowest BCUT2D eigenvalue weighted by Crippen LogP contribution is -2.21. The molecule has 1 N–H and O–H groups in total. The molecule has 0 fully saturated rings. The van der Waals surface area contributed by atoms with E-state index in [1.165, 1.54) is 6.33 Å². The highest BCUT2D eigenvalue weighted by Gasteiger charge is 2.21. The van der Waals surface area contributed by atoms with Gasteiger partial charge >= 0.3 is 5.97 Å². The number of aromatic carboxylic acids is 1. The molecule has 0 saturated heterocycles. The summed E-state index contributed by atoms with van der Waals surface area (Å²) in [6.45, 7) is 3.49. The molecule has 3 aromatic rings. The Hall–Kier alpha value is -2.59. The van der Waals surface area contributed by atoms with Crippen molar-refractivity contribution < 1.29 is 14.6 Å². The Morgan fingerprint density at radius 2 is 2.24 bits per heavy atom. The first kappa shape index (κ1) is 17.2. The minimum Gasteiger partial charge on any atom is -0.477 e. The maximum Gasteiger partial charge on any atom is 0.346 e. The van der Waals surface area contributed by atoms with Gasteiger partial charge in [-0.25, -0.2) is 14.8 Å². The van der Waals surface area contributed by atoms with Gasteiger partial charge in [0.25, 0.3) is 0 Å². The van der Waals surface area contributed by atoms with Gasteiger partial charge in [-0.15, -0.1) is 21.5 Å². The second-order valence-electron chi connectivity index (χ2n) is 5.53. The van der Waals surface area contributed by atoms with Crippen molar-refractivity contribution in [2.45, 2.75) is 20.0 Å². The van der Waals surface area contributed by atoms with Crippen LogP contribution in [0.15, 0.2) is 12.7 Å². The van der Waals surface area contributed by atoms with Gasteiger partial charge in [0.05, 0.1) is 18.5 Å². The number of hydrogen-bond acceptors (Lipinski definition) is 8. The number of fused-ring (bicyclic) bond motifs is 1. The van der Waals surface area contributed by atoms with E-state index in [4.69, 9.17) is 4.74 Å². The smallest absolute Gasteiger partial charge is 0.346 e. The second-order valence-corrected chi connectivity index (χ2v) is 6.53. The first-order valence-electron chi connectivity index (χ1n) is 7.57. The van der Waals surface area contributed by atoms with Crippen LogP contribution >= 0.6 is 11.3 Å². The minimum absolute atomic E-state index is 0.286. The number of hydrogen-bond donors (Lipinski definition) is 1. The monoisotopic (exact) mass is 362 g/mol. The van der Waals surface area contributed by atoms with Gasteiger partial charge in [0.2, 0.25) is 0 Å². The van der Waals surface area contributed by atoms with Gasteiger partial charge in [0.1, 0.15) is 28.2 Å². The lowest BCUT2D eigenvalue weighted by Gasteiger charge is -2.19. The molecule has 132 valence electrons. The topological polar surface area (TPSA) is 106 Å². The van der Waals surface area contributed by atoms with Crippen LogP contribution in [-0.2, 0) is 17.8 Å². The number of carboxylic acid groups (broad SMARTS) is 1. The summed E-state index contributed by atoms with van der Waals surface area (Å²) in [6, 6.07) is 0. The van der Waals surface area contributed by atoms with Crippen LogP contribution in [-0.4, -0.2) is 56.6 Å². The van der Waals surface area contributed by atoms with E-state index in [2.05, 4.69) is 20.2 Å². The summed E-state index contributed by atoms with van der Waals surface area (Å²) in [7, 11) is 3.53. The maximum absolute atomic E-state index is 11.4. The van der Waals surface area contributed by atoms with Crippen LogP contribution in [0.25, 0.3) is 10.2 Å². The van der Waals surface area contributed by atoms with Gasteiger partial charge in [-0.1, -0.05) is 0 Å². The number of carbonyl (C=O) groups is 1. The van der Waals surface area contributed by atoms with Crippen LogP contribution in [0.5, 0.6) is 0 Å². The molecule has 0 saturated carbocycles. The Morgan fingerprint density at radius 3 is 2.96 bits per heavy atom. The summed E-state index contributed by atoms with van der Waals surface area (Å²) in [5.74, 6) is 0.499. The molecule has 3 heterocycles. The van der Waals surface area contributed by atoms with Gasteiger partial charge in [0, 0.05) is 20.7 Å². The predicted molar refractivity (Wildman–Crippen MR) is 93.1 cm³/mol. The zero-order valence-electron chi connectivity index (χ0n) is 14.1. The van der Waals surface area contributed by atoms with Crippen LogP contribution in [0.3, 0.4) is 0 Å². The van der Waals surface area contributed by atoms with Gasteiger partial charge < -0.3 is 19.3 Å². The van der Waals surface area contributed by atoms with E-state index in [9.17, 15) is 9.90 Å². The highest BCUT2D eigenvalue weighted by atomic mass is 32.1. The largest absolute Gasteiger partial charge is 0.477 e. The fraction of sp³-hybridized carbons (Fsp3) is 0.400. The molecule has 3 rings (SSSR count). The fourth-order valence-electron chi connectivity index (χ4n) is 2.61. The van der Waals surface area contributed by atoms with Crippen LogP contribution < -0.4 is 4.90 Å². The van der Waals surface area contributed by atoms with Gasteiger partial charge in [0.15, 0.2) is 5.82 Å². The number of thiophene rings is 1.